The lowest BCUT2D eigenvalue weighted by atomic mass is 10.2. The third kappa shape index (κ3) is 6.66. The van der Waals surface area contributed by atoms with Gasteiger partial charge in [0, 0.05) is 8.54 Å². The summed E-state index contributed by atoms with van der Waals surface area (Å²) >= 11 is 0. The smallest absolute Gasteiger partial charge is 0.204 e. The van der Waals surface area contributed by atoms with Crippen LogP contribution in [0.1, 0.15) is 52.1 Å². The number of aryl methyl sites for hydroxylation is 2. The van der Waals surface area contributed by atoms with E-state index in [9.17, 15) is 4.39 Å². The molecule has 0 aliphatic heterocycles. The highest BCUT2D eigenvalue weighted by molar-refractivity contribution is 5.63. The molecule has 0 saturated carbocycles. The lowest BCUT2D eigenvalue weighted by Gasteiger charge is -2.15. The highest BCUT2D eigenvalue weighted by Crippen LogP contribution is 2.36. The maximum absolute atomic E-state index is 12.4. The molecule has 0 radical (unpaired) electrons. The van der Waals surface area contributed by atoms with Gasteiger partial charge in [-0.05, 0) is 44.5 Å². The highest BCUT2D eigenvalue weighted by atomic mass is 19.1. The van der Waals surface area contributed by atoms with E-state index in [1.807, 2.05) is 69.5 Å². The molecular formula is C26H36FN5O4. The van der Waals surface area contributed by atoms with Gasteiger partial charge in [0.05, 0.1) is 26.6 Å². The Hall–Kier alpha value is -3.79. The Balaban J connectivity index is 0.000000390. The number of hydrogen-bond donors (Lipinski definition) is 0. The van der Waals surface area contributed by atoms with Crippen molar-refractivity contribution in [2.24, 2.45) is 0 Å². The van der Waals surface area contributed by atoms with E-state index >= 15 is 0 Å². The van der Waals surface area contributed by atoms with Crippen molar-refractivity contribution in [2.45, 2.75) is 47.1 Å². The van der Waals surface area contributed by atoms with E-state index in [4.69, 9.17) is 18.6 Å². The summed E-state index contributed by atoms with van der Waals surface area (Å²) in [5, 5.41) is 8.41. The zero-order valence-electron chi connectivity index (χ0n) is 22.1. The van der Waals surface area contributed by atoms with Gasteiger partial charge in [-0.2, -0.15) is 0 Å². The molecular weight excluding hydrogens is 465 g/mol. The first-order valence-corrected chi connectivity index (χ1v) is 11.6. The molecule has 4 aromatic rings. The Morgan fingerprint density at radius 2 is 1.58 bits per heavy atom. The van der Waals surface area contributed by atoms with Gasteiger partial charge < -0.3 is 18.6 Å². The van der Waals surface area contributed by atoms with Crippen LogP contribution >= 0.6 is 0 Å². The average Bonchev–Trinajstić information content (AvgIpc) is 3.51. The number of hydrogen-bond acceptors (Lipinski definition) is 8. The molecule has 0 fully saturated rings. The second-order valence-electron chi connectivity index (χ2n) is 7.22. The molecule has 3 aromatic heterocycles. The maximum atomic E-state index is 12.4. The van der Waals surface area contributed by atoms with Crippen LogP contribution < -0.4 is 9.47 Å². The van der Waals surface area contributed by atoms with Crippen LogP contribution in [-0.4, -0.2) is 46.1 Å². The van der Waals surface area contributed by atoms with E-state index in [0.717, 1.165) is 30.3 Å². The molecule has 10 heteroatoms. The van der Waals surface area contributed by atoms with Gasteiger partial charge in [0.15, 0.2) is 17.4 Å². The normalized spacial score (nSPS) is 11.0. The number of furan rings is 1. The molecule has 0 unspecified atom stereocenters. The van der Waals surface area contributed by atoms with Crippen molar-refractivity contribution < 1.29 is 24.4 Å². The van der Waals surface area contributed by atoms with Crippen molar-refractivity contribution in [1.82, 2.24) is 24.7 Å². The molecule has 4 rings (SSSR count). The highest BCUT2D eigenvalue weighted by Gasteiger charge is 2.21. The van der Waals surface area contributed by atoms with E-state index in [1.165, 1.54) is 0 Å². The molecule has 196 valence electrons. The van der Waals surface area contributed by atoms with E-state index in [2.05, 4.69) is 20.2 Å². The molecule has 9 nitrogen and oxygen atoms in total. The molecule has 0 amide bonds. The first-order chi connectivity index (χ1) is 17.4. The standard InChI is InChI=1S/C16H17N3O3.C8H11FN2O.C2H6.H2/c1-10-8-9-14(22-10)16-18-17-11(2)19(16)15-12(20-3)6-5-7-13(15)21-4;1-3-7(12-2)8-10-4-6(9)5-11-8;1-2;/h5-9H,1-4H3;4-5,7H,3H2,1-2H3;1-2H3;1H/t;7-;;/m.0../s1. The molecule has 1 aromatic carbocycles. The predicted octanol–water partition coefficient (Wildman–Crippen LogP) is 6.15. The van der Waals surface area contributed by atoms with Gasteiger partial charge >= 0.3 is 0 Å². The van der Waals surface area contributed by atoms with E-state index in [-0.39, 0.29) is 7.53 Å². The Bertz CT molecular complexity index is 1190. The lowest BCUT2D eigenvalue weighted by molar-refractivity contribution is 0.0923. The average molecular weight is 502 g/mol. The fraction of sp³-hybridized carbons (Fsp3) is 0.385. The number of methoxy groups -OCH3 is 3. The summed E-state index contributed by atoms with van der Waals surface area (Å²) in [5.41, 5.74) is 0.749. The molecule has 0 aliphatic carbocycles. The molecule has 0 bridgehead atoms. The van der Waals surface area contributed by atoms with Crippen LogP contribution in [0.4, 0.5) is 4.39 Å². The first-order valence-electron chi connectivity index (χ1n) is 11.6. The van der Waals surface area contributed by atoms with Crippen molar-refractivity contribution in [3.05, 3.63) is 66.0 Å². The monoisotopic (exact) mass is 501 g/mol. The van der Waals surface area contributed by atoms with Crippen molar-refractivity contribution in [2.75, 3.05) is 21.3 Å². The number of ether oxygens (including phenoxy) is 3. The molecule has 0 N–H and O–H groups in total. The van der Waals surface area contributed by atoms with Crippen LogP contribution in [0.2, 0.25) is 0 Å². The number of benzene rings is 1. The van der Waals surface area contributed by atoms with Gasteiger partial charge in [-0.25, -0.2) is 14.4 Å². The molecule has 0 spiro atoms. The summed E-state index contributed by atoms with van der Waals surface area (Å²) in [6.45, 7) is 9.72. The molecule has 0 aliphatic rings. The fourth-order valence-corrected chi connectivity index (χ4v) is 3.34. The van der Waals surface area contributed by atoms with Crippen LogP contribution in [-0.2, 0) is 4.74 Å². The number of rotatable bonds is 7. The molecule has 0 saturated heterocycles. The van der Waals surface area contributed by atoms with Crippen molar-refractivity contribution in [1.29, 1.82) is 0 Å². The summed E-state index contributed by atoms with van der Waals surface area (Å²) in [6, 6.07) is 9.38. The SMILES string of the molecule is CC.CC[C@H](OC)c1ncc(F)cn1.COc1cccc(OC)c1-n1c(C)nnc1-c1ccc(C)o1.[HH]. The fourth-order valence-electron chi connectivity index (χ4n) is 3.34. The minimum atomic E-state index is -0.426. The second kappa shape index (κ2) is 13.9. The molecule has 1 atom stereocenters. The summed E-state index contributed by atoms with van der Waals surface area (Å²) in [7, 11) is 4.82. The minimum absolute atomic E-state index is 0. The van der Waals surface area contributed by atoms with Crippen molar-refractivity contribution in [3.63, 3.8) is 0 Å². The van der Waals surface area contributed by atoms with Gasteiger partial charge in [-0.15, -0.1) is 10.2 Å². The first kappa shape index (κ1) is 28.4. The van der Waals surface area contributed by atoms with Gasteiger partial charge in [0.25, 0.3) is 0 Å². The number of halogens is 1. The summed E-state index contributed by atoms with van der Waals surface area (Å²) in [5.74, 6) is 4.23. The second-order valence-corrected chi connectivity index (χ2v) is 7.22. The lowest BCUT2D eigenvalue weighted by Crippen LogP contribution is -2.05. The summed E-state index contributed by atoms with van der Waals surface area (Å²) in [4.78, 5) is 7.62. The van der Waals surface area contributed by atoms with E-state index in [0.29, 0.717) is 34.7 Å². The largest absolute Gasteiger partial charge is 0.494 e. The van der Waals surface area contributed by atoms with Crippen LogP contribution in [0.3, 0.4) is 0 Å². The Labute approximate surface area is 212 Å². The Kier molecular flexibility index (Phi) is 11.0. The minimum Gasteiger partial charge on any atom is -0.494 e. The van der Waals surface area contributed by atoms with Gasteiger partial charge in [0.2, 0.25) is 5.82 Å². The Morgan fingerprint density at radius 3 is 2.06 bits per heavy atom. The number of aromatic nitrogens is 5. The zero-order chi connectivity index (χ0) is 26.7. The van der Waals surface area contributed by atoms with Gasteiger partial charge in [0.1, 0.15) is 34.9 Å². The molecule has 36 heavy (non-hydrogen) atoms. The van der Waals surface area contributed by atoms with Crippen LogP contribution in [0.15, 0.2) is 47.1 Å². The zero-order valence-corrected chi connectivity index (χ0v) is 22.1. The maximum Gasteiger partial charge on any atom is 0.204 e. The van der Waals surface area contributed by atoms with Crippen LogP contribution in [0, 0.1) is 19.7 Å². The third-order valence-corrected chi connectivity index (χ3v) is 4.99. The van der Waals surface area contributed by atoms with E-state index < -0.39 is 5.82 Å². The van der Waals surface area contributed by atoms with Crippen LogP contribution in [0.25, 0.3) is 17.3 Å². The number of para-hydroxylation sites is 1. The van der Waals surface area contributed by atoms with Gasteiger partial charge in [-0.1, -0.05) is 26.8 Å². The quantitative estimate of drug-likeness (QED) is 0.298. The van der Waals surface area contributed by atoms with E-state index in [1.54, 1.807) is 21.3 Å². The summed E-state index contributed by atoms with van der Waals surface area (Å²) in [6.07, 6.45) is 2.93. The van der Waals surface area contributed by atoms with Gasteiger partial charge in [-0.3, -0.25) is 4.57 Å². The topological polar surface area (TPSA) is 97.3 Å². The predicted molar refractivity (Wildman–Crippen MR) is 137 cm³/mol. The molecule has 3 heterocycles. The third-order valence-electron chi connectivity index (χ3n) is 4.99. The van der Waals surface area contributed by atoms with Crippen molar-refractivity contribution in [3.8, 4) is 28.8 Å². The van der Waals surface area contributed by atoms with Crippen LogP contribution in [0.5, 0.6) is 11.5 Å². The Morgan fingerprint density at radius 1 is 0.972 bits per heavy atom. The number of nitrogens with zero attached hydrogens (tertiary/aromatic N) is 5. The summed E-state index contributed by atoms with van der Waals surface area (Å²) < 4.78 is 36.0. The van der Waals surface area contributed by atoms with Crippen molar-refractivity contribution >= 4 is 0 Å².